The maximum Gasteiger partial charge on any atom is 0.435 e. The summed E-state index contributed by atoms with van der Waals surface area (Å²) < 4.78 is 76.5. The highest BCUT2D eigenvalue weighted by atomic mass is 32.2. The second kappa shape index (κ2) is 6.54. The van der Waals surface area contributed by atoms with Crippen LogP contribution in [0.25, 0.3) is 17.3 Å². The van der Waals surface area contributed by atoms with Gasteiger partial charge in [-0.1, -0.05) is 24.8 Å². The van der Waals surface area contributed by atoms with Gasteiger partial charge in [0.1, 0.15) is 0 Å². The Morgan fingerprint density at radius 1 is 1.17 bits per heavy atom. The first-order valence-electron chi connectivity index (χ1n) is 6.59. The lowest BCUT2D eigenvalue weighted by Crippen LogP contribution is -2.10. The molecule has 130 valence electrons. The molecule has 2 rings (SSSR count). The van der Waals surface area contributed by atoms with Gasteiger partial charge in [0, 0.05) is 17.5 Å². The first-order chi connectivity index (χ1) is 11.0. The molecule has 0 fully saturated rings. The van der Waals surface area contributed by atoms with E-state index in [1.54, 1.807) is 0 Å². The molecule has 1 aromatic carbocycles. The molecule has 9 heteroatoms. The summed E-state index contributed by atoms with van der Waals surface area (Å²) in [5, 5.41) is 3.40. The molecule has 0 saturated heterocycles. The number of benzene rings is 1. The van der Waals surface area contributed by atoms with Crippen molar-refractivity contribution in [3.05, 3.63) is 42.1 Å². The van der Waals surface area contributed by atoms with E-state index in [1.165, 1.54) is 31.3 Å². The number of hydrogen-bond donors (Lipinski definition) is 0. The molecule has 2 nitrogen and oxygen atoms in total. The maximum atomic E-state index is 12.7. The summed E-state index contributed by atoms with van der Waals surface area (Å²) in [6.07, 6.45) is -7.55. The van der Waals surface area contributed by atoms with Gasteiger partial charge in [0.15, 0.2) is 5.69 Å². The van der Waals surface area contributed by atoms with Crippen LogP contribution >= 0.6 is 11.8 Å². The SMILES string of the molecule is C=Cc1ccc(-c2cc(C(F)(F)F)nn2C)cc1SCC(F)(F)F. The molecule has 2 aromatic rings. The molecule has 0 N–H and O–H groups in total. The molecule has 0 bridgehead atoms. The second-order valence-electron chi connectivity index (χ2n) is 4.90. The molecule has 0 amide bonds. The monoisotopic (exact) mass is 366 g/mol. The van der Waals surface area contributed by atoms with E-state index >= 15 is 0 Å². The summed E-state index contributed by atoms with van der Waals surface area (Å²) in [5.41, 5.74) is -0.0777. The van der Waals surface area contributed by atoms with Crippen molar-refractivity contribution in [2.45, 2.75) is 17.2 Å². The molecule has 1 aromatic heterocycles. The van der Waals surface area contributed by atoms with Crippen molar-refractivity contribution in [2.75, 3.05) is 5.75 Å². The molecule has 0 unspecified atom stereocenters. The van der Waals surface area contributed by atoms with E-state index in [0.717, 1.165) is 10.7 Å². The number of aryl methyl sites for hydroxylation is 1. The summed E-state index contributed by atoms with van der Waals surface area (Å²) in [5.74, 6) is -1.10. The van der Waals surface area contributed by atoms with Crippen LogP contribution in [0.5, 0.6) is 0 Å². The molecule has 0 saturated carbocycles. The third-order valence-electron chi connectivity index (χ3n) is 3.09. The van der Waals surface area contributed by atoms with E-state index < -0.39 is 23.8 Å². The molecule has 0 atom stereocenters. The Labute approximate surface area is 138 Å². The Balaban J connectivity index is 2.42. The number of aromatic nitrogens is 2. The number of alkyl halides is 6. The summed E-state index contributed by atoms with van der Waals surface area (Å²) in [4.78, 5) is 0.287. The van der Waals surface area contributed by atoms with Crippen LogP contribution in [0.4, 0.5) is 26.3 Å². The van der Waals surface area contributed by atoms with E-state index in [9.17, 15) is 26.3 Å². The van der Waals surface area contributed by atoms with Crippen LogP contribution in [0.1, 0.15) is 11.3 Å². The Kier molecular flexibility index (Phi) is 5.03. The van der Waals surface area contributed by atoms with Crippen molar-refractivity contribution in [1.29, 1.82) is 0 Å². The molecule has 0 radical (unpaired) electrons. The van der Waals surface area contributed by atoms with Crippen LogP contribution in [0.3, 0.4) is 0 Å². The molecule has 0 aliphatic rings. The Morgan fingerprint density at radius 2 is 1.83 bits per heavy atom. The molecule has 0 aliphatic carbocycles. The molecule has 1 heterocycles. The number of thioether (sulfide) groups is 1. The van der Waals surface area contributed by atoms with E-state index in [-0.39, 0.29) is 10.6 Å². The zero-order valence-electron chi connectivity index (χ0n) is 12.4. The van der Waals surface area contributed by atoms with Crippen molar-refractivity contribution in [3.8, 4) is 11.3 Å². The van der Waals surface area contributed by atoms with Gasteiger partial charge in [0.05, 0.1) is 11.4 Å². The Morgan fingerprint density at radius 3 is 2.33 bits per heavy atom. The molecular formula is C15H12F6N2S. The van der Waals surface area contributed by atoms with Gasteiger partial charge in [0.2, 0.25) is 0 Å². The van der Waals surface area contributed by atoms with Gasteiger partial charge in [-0.25, -0.2) is 0 Å². The number of halogens is 6. The van der Waals surface area contributed by atoms with Gasteiger partial charge in [-0.05, 0) is 17.7 Å². The predicted octanol–water partition coefficient (Wildman–Crippen LogP) is 5.40. The zero-order chi connectivity index (χ0) is 18.1. The van der Waals surface area contributed by atoms with Crippen molar-refractivity contribution < 1.29 is 26.3 Å². The number of rotatable bonds is 4. The molecule has 0 aliphatic heterocycles. The van der Waals surface area contributed by atoms with Crippen molar-refractivity contribution in [3.63, 3.8) is 0 Å². The van der Waals surface area contributed by atoms with E-state index in [1.807, 2.05) is 0 Å². The van der Waals surface area contributed by atoms with E-state index in [4.69, 9.17) is 0 Å². The van der Waals surface area contributed by atoms with Gasteiger partial charge in [-0.3, -0.25) is 4.68 Å². The van der Waals surface area contributed by atoms with Gasteiger partial charge < -0.3 is 0 Å². The summed E-state index contributed by atoms with van der Waals surface area (Å²) in [6.45, 7) is 3.53. The maximum absolute atomic E-state index is 12.7. The van der Waals surface area contributed by atoms with Gasteiger partial charge in [-0.2, -0.15) is 31.4 Å². The van der Waals surface area contributed by atoms with E-state index in [0.29, 0.717) is 22.9 Å². The van der Waals surface area contributed by atoms with Crippen LogP contribution in [0.15, 0.2) is 35.7 Å². The van der Waals surface area contributed by atoms with Crippen LogP contribution < -0.4 is 0 Å². The van der Waals surface area contributed by atoms with Crippen molar-refractivity contribution in [2.24, 2.45) is 7.05 Å². The highest BCUT2D eigenvalue weighted by Gasteiger charge is 2.34. The van der Waals surface area contributed by atoms with Crippen LogP contribution in [-0.2, 0) is 13.2 Å². The third kappa shape index (κ3) is 4.34. The predicted molar refractivity (Wildman–Crippen MR) is 80.5 cm³/mol. The fraction of sp³-hybridized carbons (Fsp3) is 0.267. The quantitative estimate of drug-likeness (QED) is 0.532. The van der Waals surface area contributed by atoms with Gasteiger partial charge in [0.25, 0.3) is 0 Å². The standard InChI is InChI=1S/C15H12F6N2S/c1-3-9-4-5-10(6-12(9)24-8-14(16,17)18)11-7-13(15(19,20)21)22-23(11)2/h3-7H,1,8H2,2H3. The minimum Gasteiger partial charge on any atom is -0.267 e. The normalized spacial score (nSPS) is 12.5. The highest BCUT2D eigenvalue weighted by Crippen LogP contribution is 2.35. The molecule has 24 heavy (non-hydrogen) atoms. The Bertz CT molecular complexity index is 745. The fourth-order valence-corrected chi connectivity index (χ4v) is 2.87. The van der Waals surface area contributed by atoms with Gasteiger partial charge in [-0.15, -0.1) is 11.8 Å². The topological polar surface area (TPSA) is 17.8 Å². The number of nitrogens with zero attached hydrogens (tertiary/aromatic N) is 2. The Hall–Kier alpha value is -1.90. The summed E-state index contributed by atoms with van der Waals surface area (Å²) in [6, 6.07) is 5.30. The van der Waals surface area contributed by atoms with Crippen molar-refractivity contribution >= 4 is 17.8 Å². The second-order valence-corrected chi connectivity index (χ2v) is 5.91. The molecule has 0 spiro atoms. The highest BCUT2D eigenvalue weighted by molar-refractivity contribution is 7.99. The van der Waals surface area contributed by atoms with Crippen LogP contribution in [-0.4, -0.2) is 21.7 Å². The van der Waals surface area contributed by atoms with Crippen LogP contribution in [0.2, 0.25) is 0 Å². The van der Waals surface area contributed by atoms with Gasteiger partial charge >= 0.3 is 12.4 Å². The largest absolute Gasteiger partial charge is 0.435 e. The first-order valence-corrected chi connectivity index (χ1v) is 7.57. The number of hydrogen-bond acceptors (Lipinski definition) is 2. The summed E-state index contributed by atoms with van der Waals surface area (Å²) >= 11 is 0.557. The average Bonchev–Trinajstić information content (AvgIpc) is 2.86. The lowest BCUT2D eigenvalue weighted by atomic mass is 10.1. The minimum absolute atomic E-state index is 0.159. The van der Waals surface area contributed by atoms with Crippen molar-refractivity contribution in [1.82, 2.24) is 9.78 Å². The molecular weight excluding hydrogens is 354 g/mol. The lowest BCUT2D eigenvalue weighted by molar-refractivity contribution is -0.141. The minimum atomic E-state index is -4.59. The smallest absolute Gasteiger partial charge is 0.267 e. The summed E-state index contributed by atoms with van der Waals surface area (Å²) in [7, 11) is 1.34. The lowest BCUT2D eigenvalue weighted by Gasteiger charge is -2.11. The fourth-order valence-electron chi connectivity index (χ4n) is 2.02. The van der Waals surface area contributed by atoms with E-state index in [2.05, 4.69) is 11.7 Å². The first kappa shape index (κ1) is 18.4. The van der Waals surface area contributed by atoms with Crippen LogP contribution in [0, 0.1) is 0 Å². The average molecular weight is 366 g/mol. The zero-order valence-corrected chi connectivity index (χ0v) is 13.2. The third-order valence-corrected chi connectivity index (χ3v) is 4.23.